The first-order valence-electron chi connectivity index (χ1n) is 3.82. The molecule has 3 unspecified atom stereocenters. The van der Waals surface area contributed by atoms with E-state index in [0.29, 0.717) is 11.7 Å². The van der Waals surface area contributed by atoms with Crippen LogP contribution in [0.1, 0.15) is 0 Å². The van der Waals surface area contributed by atoms with Crippen molar-refractivity contribution in [2.45, 2.75) is 10.8 Å². The van der Waals surface area contributed by atoms with Gasteiger partial charge in [-0.2, -0.15) is 0 Å². The third-order valence-electron chi connectivity index (χ3n) is 3.22. The van der Waals surface area contributed by atoms with E-state index in [-0.39, 0.29) is 6.04 Å². The van der Waals surface area contributed by atoms with Gasteiger partial charge in [0.1, 0.15) is 4.75 Å². The molecule has 3 nitrogen and oxygen atoms in total. The van der Waals surface area contributed by atoms with E-state index >= 15 is 0 Å². The van der Waals surface area contributed by atoms with Crippen LogP contribution in [0.4, 0.5) is 0 Å². The average molecular weight is 171 g/mol. The number of hydrogen-bond donors (Lipinski definition) is 1. The second-order valence-corrected chi connectivity index (χ2v) is 5.85. The lowest BCUT2D eigenvalue weighted by molar-refractivity contribution is 0.413. The molecule has 3 rings (SSSR count). The van der Waals surface area contributed by atoms with Gasteiger partial charge in [0.15, 0.2) is 9.84 Å². The molecule has 2 aliphatic heterocycles. The van der Waals surface area contributed by atoms with Crippen molar-refractivity contribution in [3.05, 3.63) is 12.2 Å². The average Bonchev–Trinajstić information content (AvgIpc) is 2.00. The predicted octanol–water partition coefficient (Wildman–Crippen LogP) is -0.689. The topological polar surface area (TPSA) is 46.2 Å². The van der Waals surface area contributed by atoms with Crippen molar-refractivity contribution in [2.24, 2.45) is 5.92 Å². The van der Waals surface area contributed by atoms with E-state index < -0.39 is 14.6 Å². The van der Waals surface area contributed by atoms with Crippen molar-refractivity contribution in [1.29, 1.82) is 0 Å². The van der Waals surface area contributed by atoms with Crippen molar-refractivity contribution in [1.82, 2.24) is 5.32 Å². The zero-order chi connectivity index (χ0) is 7.69. The third kappa shape index (κ3) is 0.420. The van der Waals surface area contributed by atoms with Crippen LogP contribution in [-0.2, 0) is 9.84 Å². The Balaban J connectivity index is 2.21. The fourth-order valence-corrected chi connectivity index (χ4v) is 4.90. The molecule has 0 saturated carbocycles. The van der Waals surface area contributed by atoms with Gasteiger partial charge >= 0.3 is 0 Å². The van der Waals surface area contributed by atoms with Gasteiger partial charge in [-0.3, -0.25) is 0 Å². The molecule has 3 atom stereocenters. The van der Waals surface area contributed by atoms with E-state index in [4.69, 9.17) is 0 Å². The SMILES string of the molecule is O=S1(=O)CC2CNC3C=CC231. The molecule has 0 bridgehead atoms. The fraction of sp³-hybridized carbons (Fsp3) is 0.714. The second-order valence-electron chi connectivity index (χ2n) is 3.58. The van der Waals surface area contributed by atoms with E-state index in [1.165, 1.54) is 0 Å². The smallest absolute Gasteiger partial charge is 0.162 e. The summed E-state index contributed by atoms with van der Waals surface area (Å²) in [4.78, 5) is 0. The van der Waals surface area contributed by atoms with E-state index in [2.05, 4.69) is 5.32 Å². The summed E-state index contributed by atoms with van der Waals surface area (Å²) in [7, 11) is -2.77. The Hall–Kier alpha value is -0.350. The first-order valence-corrected chi connectivity index (χ1v) is 5.47. The van der Waals surface area contributed by atoms with Gasteiger partial charge < -0.3 is 5.32 Å². The quantitative estimate of drug-likeness (QED) is 0.491. The van der Waals surface area contributed by atoms with Crippen LogP contribution in [-0.4, -0.2) is 31.5 Å². The highest BCUT2D eigenvalue weighted by Crippen LogP contribution is 2.51. The lowest BCUT2D eigenvalue weighted by Gasteiger charge is -2.48. The fourth-order valence-electron chi connectivity index (χ4n) is 2.48. The number of nitrogens with one attached hydrogen (secondary N) is 1. The summed E-state index contributed by atoms with van der Waals surface area (Å²) in [5, 5.41) is 3.20. The lowest BCUT2D eigenvalue weighted by atomic mass is 9.81. The molecular weight excluding hydrogens is 162 g/mol. The number of hydrogen-bond acceptors (Lipinski definition) is 3. The molecule has 60 valence electrons. The zero-order valence-corrected chi connectivity index (χ0v) is 6.76. The summed E-state index contributed by atoms with van der Waals surface area (Å²) in [6.45, 7) is 0.872. The van der Waals surface area contributed by atoms with E-state index in [1.54, 1.807) is 0 Å². The molecule has 11 heavy (non-hydrogen) atoms. The molecule has 3 aliphatic rings. The van der Waals surface area contributed by atoms with E-state index in [1.807, 2.05) is 12.2 Å². The maximum absolute atomic E-state index is 11.4. The number of rotatable bonds is 0. The molecule has 0 aromatic carbocycles. The van der Waals surface area contributed by atoms with Gasteiger partial charge in [0.25, 0.3) is 0 Å². The molecular formula is C7H9NO2S. The second kappa shape index (κ2) is 1.41. The summed E-state index contributed by atoms with van der Waals surface area (Å²) in [5.41, 5.74) is 0. The molecule has 2 heterocycles. The monoisotopic (exact) mass is 171 g/mol. The van der Waals surface area contributed by atoms with Gasteiger partial charge in [-0.1, -0.05) is 12.2 Å². The molecule has 2 saturated heterocycles. The predicted molar refractivity (Wildman–Crippen MR) is 40.9 cm³/mol. The molecule has 0 radical (unpaired) electrons. The third-order valence-corrected chi connectivity index (χ3v) is 5.86. The Morgan fingerprint density at radius 1 is 1.55 bits per heavy atom. The maximum atomic E-state index is 11.4. The molecule has 2 fully saturated rings. The molecule has 0 amide bonds. The van der Waals surface area contributed by atoms with Crippen LogP contribution in [0, 0.1) is 5.92 Å². The Morgan fingerprint density at radius 2 is 2.36 bits per heavy atom. The van der Waals surface area contributed by atoms with Crippen LogP contribution >= 0.6 is 0 Å². The first kappa shape index (κ1) is 6.20. The van der Waals surface area contributed by atoms with Gasteiger partial charge in [-0.15, -0.1) is 0 Å². The van der Waals surface area contributed by atoms with Gasteiger partial charge in [0.2, 0.25) is 0 Å². The maximum Gasteiger partial charge on any atom is 0.162 e. The normalized spacial score (nSPS) is 55.6. The van der Waals surface area contributed by atoms with Crippen LogP contribution in [0.25, 0.3) is 0 Å². The Kier molecular flexibility index (Phi) is 0.793. The van der Waals surface area contributed by atoms with Crippen LogP contribution in [0.2, 0.25) is 0 Å². The van der Waals surface area contributed by atoms with Crippen molar-refractivity contribution >= 4 is 9.84 Å². The van der Waals surface area contributed by atoms with Gasteiger partial charge in [-0.25, -0.2) is 8.42 Å². The van der Waals surface area contributed by atoms with Crippen molar-refractivity contribution in [2.75, 3.05) is 12.3 Å². The Bertz CT molecular complexity index is 345. The van der Waals surface area contributed by atoms with Gasteiger partial charge in [0.05, 0.1) is 5.75 Å². The minimum absolute atomic E-state index is 0.131. The Labute approximate surface area is 65.4 Å². The summed E-state index contributed by atoms with van der Waals surface area (Å²) in [6.07, 6.45) is 3.82. The summed E-state index contributed by atoms with van der Waals surface area (Å²) < 4.78 is 22.3. The van der Waals surface area contributed by atoms with Crippen LogP contribution in [0.15, 0.2) is 12.2 Å². The summed E-state index contributed by atoms with van der Waals surface area (Å²) in [6, 6.07) is 0.131. The highest BCUT2D eigenvalue weighted by atomic mass is 32.2. The number of sulfone groups is 1. The standard InChI is InChI=1S/C7H9NO2S/c9-11(10)4-5-3-8-6-1-2-7(5,6)11/h1-2,5-6,8H,3-4H2. The molecule has 4 heteroatoms. The van der Waals surface area contributed by atoms with Gasteiger partial charge in [0, 0.05) is 18.5 Å². The van der Waals surface area contributed by atoms with Crippen LogP contribution in [0.3, 0.4) is 0 Å². The summed E-state index contributed by atoms with van der Waals surface area (Å²) >= 11 is 0. The Morgan fingerprint density at radius 3 is 2.73 bits per heavy atom. The van der Waals surface area contributed by atoms with Crippen molar-refractivity contribution < 1.29 is 8.42 Å². The summed E-state index contributed by atoms with van der Waals surface area (Å²) in [5.74, 6) is 0.753. The van der Waals surface area contributed by atoms with Crippen molar-refractivity contribution in [3.63, 3.8) is 0 Å². The zero-order valence-electron chi connectivity index (χ0n) is 5.95. The van der Waals surface area contributed by atoms with E-state index in [9.17, 15) is 8.42 Å². The molecule has 1 aliphatic carbocycles. The van der Waals surface area contributed by atoms with Crippen LogP contribution < -0.4 is 5.32 Å². The minimum Gasteiger partial charge on any atom is -0.308 e. The van der Waals surface area contributed by atoms with Crippen LogP contribution in [0.5, 0.6) is 0 Å². The molecule has 0 aromatic rings. The molecule has 1 N–H and O–H groups in total. The highest BCUT2D eigenvalue weighted by molar-refractivity contribution is 7.94. The first-order chi connectivity index (χ1) is 5.17. The van der Waals surface area contributed by atoms with E-state index in [0.717, 1.165) is 6.54 Å². The molecule has 1 spiro atoms. The minimum atomic E-state index is -2.77. The highest BCUT2D eigenvalue weighted by Gasteiger charge is 2.68. The molecule has 0 aromatic heterocycles. The van der Waals surface area contributed by atoms with Gasteiger partial charge in [-0.05, 0) is 0 Å². The van der Waals surface area contributed by atoms with Crippen molar-refractivity contribution in [3.8, 4) is 0 Å². The lowest BCUT2D eigenvalue weighted by Crippen LogP contribution is -2.65. The largest absolute Gasteiger partial charge is 0.308 e.